The zero-order valence-corrected chi connectivity index (χ0v) is 13.0. The van der Waals surface area contributed by atoms with E-state index in [1.54, 1.807) is 24.3 Å². The van der Waals surface area contributed by atoms with E-state index in [4.69, 9.17) is 16.7 Å². The predicted molar refractivity (Wildman–Crippen MR) is 82.3 cm³/mol. The number of amides is 1. The normalized spacial score (nSPS) is 12.1. The first-order chi connectivity index (χ1) is 10.7. The lowest BCUT2D eigenvalue weighted by molar-refractivity contribution is -0.125. The first kappa shape index (κ1) is 16.4. The van der Waals surface area contributed by atoms with Crippen molar-refractivity contribution in [2.45, 2.75) is 25.8 Å². The van der Waals surface area contributed by atoms with E-state index in [1.807, 2.05) is 6.92 Å². The van der Waals surface area contributed by atoms with Crippen molar-refractivity contribution >= 4 is 17.5 Å². The highest BCUT2D eigenvalue weighted by Gasteiger charge is 2.21. The smallest absolute Gasteiger partial charge is 0.246 e. The lowest BCUT2D eigenvalue weighted by Gasteiger charge is -2.13. The summed E-state index contributed by atoms with van der Waals surface area (Å²) in [5, 5.41) is 24.3. The molecule has 2 N–H and O–H groups in total. The number of carbonyl (C=O) groups is 1. The molecule has 0 aliphatic carbocycles. The molecule has 0 aliphatic heterocycles. The molecule has 0 fully saturated rings. The van der Waals surface area contributed by atoms with E-state index in [2.05, 4.69) is 20.7 Å². The molecule has 0 spiro atoms. The Kier molecular flexibility index (Phi) is 5.85. The van der Waals surface area contributed by atoms with Gasteiger partial charge < -0.3 is 10.4 Å². The Balaban J connectivity index is 2.10. The predicted octanol–water partition coefficient (Wildman–Crippen LogP) is 1.44. The maximum atomic E-state index is 12.1. The van der Waals surface area contributed by atoms with Gasteiger partial charge in [-0.15, -0.1) is 10.2 Å². The lowest BCUT2D eigenvalue weighted by Crippen LogP contribution is -2.34. The summed E-state index contributed by atoms with van der Waals surface area (Å²) in [5.74, 6) is 0.259. The van der Waals surface area contributed by atoms with E-state index in [0.29, 0.717) is 30.2 Å². The molecule has 0 radical (unpaired) electrons. The molecule has 1 heterocycles. The van der Waals surface area contributed by atoms with Crippen molar-refractivity contribution in [3.05, 3.63) is 29.3 Å². The SMILES string of the molecule is CCC(C(=O)NCCCO)n1nnc(-c2ccc(Cl)cc2)n1. The molecule has 118 valence electrons. The van der Waals surface area contributed by atoms with Crippen molar-refractivity contribution in [2.75, 3.05) is 13.2 Å². The van der Waals surface area contributed by atoms with E-state index in [-0.39, 0.29) is 12.5 Å². The number of rotatable bonds is 7. The Hall–Kier alpha value is -1.99. The first-order valence-corrected chi connectivity index (χ1v) is 7.47. The number of nitrogens with one attached hydrogen (secondary N) is 1. The molecule has 8 heteroatoms. The van der Waals surface area contributed by atoms with E-state index in [1.165, 1.54) is 4.80 Å². The van der Waals surface area contributed by atoms with Gasteiger partial charge in [0.15, 0.2) is 6.04 Å². The Labute approximate surface area is 133 Å². The standard InChI is InChI=1S/C14H18ClN5O2/c1-2-12(14(22)16-8-3-9-21)20-18-13(17-19-20)10-4-6-11(15)7-5-10/h4-7,12,21H,2-3,8-9H2,1H3,(H,16,22). The van der Waals surface area contributed by atoms with Crippen LogP contribution in [0.25, 0.3) is 11.4 Å². The molecule has 0 bridgehead atoms. The van der Waals surface area contributed by atoms with Gasteiger partial charge in [0.25, 0.3) is 0 Å². The lowest BCUT2D eigenvalue weighted by atomic mass is 10.2. The van der Waals surface area contributed by atoms with Crippen LogP contribution >= 0.6 is 11.6 Å². The zero-order chi connectivity index (χ0) is 15.9. The quantitative estimate of drug-likeness (QED) is 0.752. The minimum atomic E-state index is -0.521. The van der Waals surface area contributed by atoms with E-state index in [0.717, 1.165) is 5.56 Å². The Morgan fingerprint density at radius 2 is 2.14 bits per heavy atom. The van der Waals surface area contributed by atoms with Gasteiger partial charge in [-0.2, -0.15) is 4.80 Å². The van der Waals surface area contributed by atoms with Crippen molar-refractivity contribution in [1.29, 1.82) is 0 Å². The van der Waals surface area contributed by atoms with Crippen LogP contribution in [0.2, 0.25) is 5.02 Å². The molecule has 1 aromatic heterocycles. The van der Waals surface area contributed by atoms with Crippen molar-refractivity contribution in [2.24, 2.45) is 0 Å². The highest BCUT2D eigenvalue weighted by molar-refractivity contribution is 6.30. The number of hydrogen-bond donors (Lipinski definition) is 2. The number of nitrogens with zero attached hydrogens (tertiary/aromatic N) is 4. The van der Waals surface area contributed by atoms with Crippen molar-refractivity contribution in [3.8, 4) is 11.4 Å². The van der Waals surface area contributed by atoms with Gasteiger partial charge in [0, 0.05) is 23.7 Å². The molecule has 7 nitrogen and oxygen atoms in total. The fourth-order valence-corrected chi connectivity index (χ4v) is 2.06. The summed E-state index contributed by atoms with van der Waals surface area (Å²) in [6, 6.07) is 6.57. The number of aliphatic hydroxyl groups excluding tert-OH is 1. The second-order valence-corrected chi connectivity index (χ2v) is 5.17. The summed E-state index contributed by atoms with van der Waals surface area (Å²) in [7, 11) is 0. The summed E-state index contributed by atoms with van der Waals surface area (Å²) in [6.45, 7) is 2.34. The van der Waals surface area contributed by atoms with Gasteiger partial charge in [-0.25, -0.2) is 0 Å². The van der Waals surface area contributed by atoms with Gasteiger partial charge in [0.05, 0.1) is 0 Å². The van der Waals surface area contributed by atoms with Crippen LogP contribution in [0.15, 0.2) is 24.3 Å². The van der Waals surface area contributed by atoms with Crippen LogP contribution in [0.5, 0.6) is 0 Å². The summed E-state index contributed by atoms with van der Waals surface area (Å²) in [5.41, 5.74) is 0.784. The largest absolute Gasteiger partial charge is 0.396 e. The van der Waals surface area contributed by atoms with Gasteiger partial charge in [0.2, 0.25) is 11.7 Å². The van der Waals surface area contributed by atoms with Gasteiger partial charge in [-0.05, 0) is 42.3 Å². The average Bonchev–Trinajstić information content (AvgIpc) is 2.98. The fraction of sp³-hybridized carbons (Fsp3) is 0.429. The fourth-order valence-electron chi connectivity index (χ4n) is 1.93. The topological polar surface area (TPSA) is 92.9 Å². The van der Waals surface area contributed by atoms with Crippen molar-refractivity contribution < 1.29 is 9.90 Å². The van der Waals surface area contributed by atoms with Crippen LogP contribution in [0.3, 0.4) is 0 Å². The number of halogens is 1. The average molecular weight is 324 g/mol. The van der Waals surface area contributed by atoms with E-state index in [9.17, 15) is 4.79 Å². The number of aromatic nitrogens is 4. The zero-order valence-electron chi connectivity index (χ0n) is 12.2. The minimum Gasteiger partial charge on any atom is -0.396 e. The molecule has 1 amide bonds. The maximum absolute atomic E-state index is 12.1. The Morgan fingerprint density at radius 1 is 1.41 bits per heavy atom. The van der Waals surface area contributed by atoms with E-state index >= 15 is 0 Å². The molecule has 2 aromatic rings. The number of carbonyl (C=O) groups excluding carboxylic acids is 1. The Morgan fingerprint density at radius 3 is 2.77 bits per heavy atom. The first-order valence-electron chi connectivity index (χ1n) is 7.09. The highest BCUT2D eigenvalue weighted by atomic mass is 35.5. The second kappa shape index (κ2) is 7.86. The molecular formula is C14H18ClN5O2. The maximum Gasteiger partial charge on any atom is 0.246 e. The summed E-state index contributed by atoms with van der Waals surface area (Å²) >= 11 is 5.85. The van der Waals surface area contributed by atoms with Gasteiger partial charge in [-0.3, -0.25) is 4.79 Å². The molecular weight excluding hydrogens is 306 g/mol. The third-order valence-corrected chi connectivity index (χ3v) is 3.38. The van der Waals surface area contributed by atoms with Crippen LogP contribution in [0, 0.1) is 0 Å². The molecule has 2 rings (SSSR count). The van der Waals surface area contributed by atoms with Crippen LogP contribution in [0.1, 0.15) is 25.8 Å². The van der Waals surface area contributed by atoms with Gasteiger partial charge >= 0.3 is 0 Å². The molecule has 0 aliphatic rings. The number of tetrazole rings is 1. The van der Waals surface area contributed by atoms with Crippen LogP contribution in [0.4, 0.5) is 0 Å². The summed E-state index contributed by atoms with van der Waals surface area (Å²) in [6.07, 6.45) is 1.06. The molecule has 1 unspecified atom stereocenters. The van der Waals surface area contributed by atoms with E-state index < -0.39 is 6.04 Å². The van der Waals surface area contributed by atoms with Crippen LogP contribution < -0.4 is 5.32 Å². The number of hydrogen-bond acceptors (Lipinski definition) is 5. The minimum absolute atomic E-state index is 0.0410. The molecule has 0 saturated carbocycles. The van der Waals surface area contributed by atoms with Crippen LogP contribution in [-0.2, 0) is 4.79 Å². The third-order valence-electron chi connectivity index (χ3n) is 3.13. The number of aliphatic hydroxyl groups is 1. The second-order valence-electron chi connectivity index (χ2n) is 4.73. The molecule has 1 aromatic carbocycles. The van der Waals surface area contributed by atoms with Crippen LogP contribution in [-0.4, -0.2) is 44.4 Å². The summed E-state index contributed by atoms with van der Waals surface area (Å²) < 4.78 is 0. The van der Waals surface area contributed by atoms with Crippen molar-refractivity contribution in [3.63, 3.8) is 0 Å². The van der Waals surface area contributed by atoms with Gasteiger partial charge in [-0.1, -0.05) is 18.5 Å². The van der Waals surface area contributed by atoms with Gasteiger partial charge in [0.1, 0.15) is 0 Å². The summed E-state index contributed by atoms with van der Waals surface area (Å²) in [4.78, 5) is 13.4. The highest BCUT2D eigenvalue weighted by Crippen LogP contribution is 2.18. The molecule has 1 atom stereocenters. The monoisotopic (exact) mass is 323 g/mol. The molecule has 22 heavy (non-hydrogen) atoms. The Bertz CT molecular complexity index is 614. The van der Waals surface area contributed by atoms with Crippen molar-refractivity contribution in [1.82, 2.24) is 25.5 Å². The number of benzene rings is 1. The third kappa shape index (κ3) is 4.02. The molecule has 0 saturated heterocycles.